The van der Waals surface area contributed by atoms with Gasteiger partial charge in [-0.3, -0.25) is 4.79 Å². The molecule has 3 atom stereocenters. The molecule has 1 aromatic carbocycles. The zero-order valence-corrected chi connectivity index (χ0v) is 13.7. The number of fused-ring (bicyclic) bond motifs is 1. The Bertz CT molecular complexity index is 469. The average Bonchev–Trinajstić information content (AvgIpc) is 2.54. The zero-order valence-electron chi connectivity index (χ0n) is 12.1. The fraction of sp³-hybridized carbons (Fsp3) is 0.562. The molecule has 3 nitrogen and oxygen atoms in total. The number of amides is 1. The number of nitrogens with zero attached hydrogens (tertiary/aromatic N) is 1. The molecule has 21 heavy (non-hydrogen) atoms. The van der Waals surface area contributed by atoms with Crippen LogP contribution in [0.3, 0.4) is 0 Å². The lowest BCUT2D eigenvalue weighted by Crippen LogP contribution is -2.54. The molecule has 2 N–H and O–H groups in total. The van der Waals surface area contributed by atoms with Gasteiger partial charge < -0.3 is 10.6 Å². The second kappa shape index (κ2) is 7.52. The minimum Gasteiger partial charge on any atom is -0.336 e. The molecule has 1 aliphatic carbocycles. The van der Waals surface area contributed by atoms with Gasteiger partial charge in [-0.1, -0.05) is 43.2 Å². The third-order valence-electron chi connectivity index (χ3n) is 4.44. The monoisotopic (exact) mass is 326 g/mol. The smallest absolute Gasteiger partial charge is 0.244 e. The predicted octanol–water partition coefficient (Wildman–Crippen LogP) is 2.99. The van der Waals surface area contributed by atoms with Gasteiger partial charge in [0.2, 0.25) is 5.91 Å². The highest BCUT2D eigenvalue weighted by atomic mass is 35.5. The molecule has 2 aliphatic rings. The van der Waals surface area contributed by atoms with E-state index in [1.54, 1.807) is 0 Å². The first kappa shape index (κ1) is 16.7. The van der Waals surface area contributed by atoms with E-state index in [4.69, 9.17) is 5.73 Å². The fourth-order valence-corrected chi connectivity index (χ4v) is 4.80. The van der Waals surface area contributed by atoms with E-state index in [0.717, 1.165) is 24.3 Å². The number of hydrogen-bond donors (Lipinski definition) is 1. The second-order valence-electron chi connectivity index (χ2n) is 5.68. The third kappa shape index (κ3) is 3.55. The molecule has 0 spiro atoms. The van der Waals surface area contributed by atoms with Gasteiger partial charge in [0.15, 0.2) is 0 Å². The van der Waals surface area contributed by atoms with Crippen LogP contribution in [0.5, 0.6) is 0 Å². The van der Waals surface area contributed by atoms with Crippen molar-refractivity contribution in [2.24, 2.45) is 5.73 Å². The summed E-state index contributed by atoms with van der Waals surface area (Å²) in [6.07, 6.45) is 4.94. The van der Waals surface area contributed by atoms with Gasteiger partial charge in [0, 0.05) is 23.6 Å². The van der Waals surface area contributed by atoms with E-state index in [1.165, 1.54) is 19.3 Å². The van der Waals surface area contributed by atoms with E-state index < -0.39 is 6.04 Å². The highest BCUT2D eigenvalue weighted by molar-refractivity contribution is 8.00. The topological polar surface area (TPSA) is 46.3 Å². The molecule has 3 unspecified atom stereocenters. The molecule has 1 saturated carbocycles. The molecule has 0 aromatic heterocycles. The van der Waals surface area contributed by atoms with E-state index in [1.807, 2.05) is 42.1 Å². The van der Waals surface area contributed by atoms with Crippen LogP contribution in [0.15, 0.2) is 30.3 Å². The zero-order chi connectivity index (χ0) is 13.9. The Labute approximate surface area is 137 Å². The van der Waals surface area contributed by atoms with Crippen LogP contribution in [0.4, 0.5) is 0 Å². The molecule has 0 radical (unpaired) electrons. The number of nitrogens with two attached hydrogens (primary N) is 1. The standard InChI is InChI=1S/C16H22N2OS.ClH/c17-15(12-6-2-1-3-7-12)16(19)18-10-11-20-14-9-5-4-8-13(14)18;/h1-3,6-7,13-15H,4-5,8-11,17H2;1H. The highest BCUT2D eigenvalue weighted by Gasteiger charge is 2.37. The van der Waals surface area contributed by atoms with Crippen molar-refractivity contribution in [3.05, 3.63) is 35.9 Å². The molecule has 5 heteroatoms. The van der Waals surface area contributed by atoms with Gasteiger partial charge in [0.25, 0.3) is 0 Å². The maximum absolute atomic E-state index is 12.7. The first-order chi connectivity index (χ1) is 9.77. The SMILES string of the molecule is Cl.NC(C(=O)N1CCSC2CCCCC21)c1ccccc1. The van der Waals surface area contributed by atoms with Crippen molar-refractivity contribution < 1.29 is 4.79 Å². The molecule has 3 rings (SSSR count). The average molecular weight is 327 g/mol. The first-order valence-electron chi connectivity index (χ1n) is 7.50. The number of hydrogen-bond acceptors (Lipinski definition) is 3. The predicted molar refractivity (Wildman–Crippen MR) is 90.8 cm³/mol. The molecular weight excluding hydrogens is 304 g/mol. The minimum atomic E-state index is -0.512. The molecule has 0 bridgehead atoms. The third-order valence-corrected chi connectivity index (χ3v) is 5.84. The summed E-state index contributed by atoms with van der Waals surface area (Å²) in [5.74, 6) is 1.16. The van der Waals surface area contributed by atoms with Crippen LogP contribution in [-0.4, -0.2) is 34.4 Å². The molecule has 1 saturated heterocycles. The van der Waals surface area contributed by atoms with Gasteiger partial charge in [0.1, 0.15) is 6.04 Å². The molecule has 1 heterocycles. The van der Waals surface area contributed by atoms with Gasteiger partial charge in [-0.15, -0.1) is 12.4 Å². The lowest BCUT2D eigenvalue weighted by molar-refractivity contribution is -0.135. The summed E-state index contributed by atoms with van der Waals surface area (Å²) in [4.78, 5) is 14.8. The van der Waals surface area contributed by atoms with Crippen LogP contribution in [-0.2, 0) is 4.79 Å². The van der Waals surface area contributed by atoms with Crippen molar-refractivity contribution >= 4 is 30.1 Å². The van der Waals surface area contributed by atoms with Crippen molar-refractivity contribution in [1.29, 1.82) is 0 Å². The lowest BCUT2D eigenvalue weighted by Gasteiger charge is -2.44. The number of carbonyl (C=O) groups is 1. The molecule has 116 valence electrons. The number of thioether (sulfide) groups is 1. The van der Waals surface area contributed by atoms with Crippen LogP contribution in [0, 0.1) is 0 Å². The minimum absolute atomic E-state index is 0. The summed E-state index contributed by atoms with van der Waals surface area (Å²) in [5, 5.41) is 0.629. The summed E-state index contributed by atoms with van der Waals surface area (Å²) in [5.41, 5.74) is 7.11. The maximum Gasteiger partial charge on any atom is 0.244 e. The van der Waals surface area contributed by atoms with Gasteiger partial charge in [-0.05, 0) is 18.4 Å². The van der Waals surface area contributed by atoms with E-state index in [-0.39, 0.29) is 18.3 Å². The highest BCUT2D eigenvalue weighted by Crippen LogP contribution is 2.36. The van der Waals surface area contributed by atoms with E-state index in [0.29, 0.717) is 11.3 Å². The maximum atomic E-state index is 12.7. The summed E-state index contributed by atoms with van der Waals surface area (Å²) in [6.45, 7) is 0.852. The Morgan fingerprint density at radius 1 is 1.24 bits per heavy atom. The summed E-state index contributed by atoms with van der Waals surface area (Å²) < 4.78 is 0. The molecule has 1 aliphatic heterocycles. The Morgan fingerprint density at radius 2 is 1.95 bits per heavy atom. The van der Waals surface area contributed by atoms with Crippen molar-refractivity contribution in [3.8, 4) is 0 Å². The molecule has 1 aromatic rings. The second-order valence-corrected chi connectivity index (χ2v) is 7.03. The van der Waals surface area contributed by atoms with E-state index in [2.05, 4.69) is 4.90 Å². The Hall–Kier alpha value is -0.710. The Kier molecular flexibility index (Phi) is 5.97. The summed E-state index contributed by atoms with van der Waals surface area (Å²) in [6, 6.07) is 9.62. The summed E-state index contributed by atoms with van der Waals surface area (Å²) >= 11 is 2.04. The van der Waals surface area contributed by atoms with Crippen molar-refractivity contribution in [2.45, 2.75) is 43.0 Å². The summed E-state index contributed by atoms with van der Waals surface area (Å²) in [7, 11) is 0. The molecule has 2 fully saturated rings. The van der Waals surface area contributed by atoms with Gasteiger partial charge in [0.05, 0.1) is 0 Å². The van der Waals surface area contributed by atoms with Gasteiger partial charge >= 0.3 is 0 Å². The van der Waals surface area contributed by atoms with E-state index >= 15 is 0 Å². The quantitative estimate of drug-likeness (QED) is 0.908. The Balaban J connectivity index is 0.00000161. The lowest BCUT2D eigenvalue weighted by atomic mass is 9.92. The number of benzene rings is 1. The normalized spacial score (nSPS) is 26.4. The van der Waals surface area contributed by atoms with Crippen LogP contribution < -0.4 is 5.73 Å². The van der Waals surface area contributed by atoms with Crippen LogP contribution in [0.2, 0.25) is 0 Å². The number of rotatable bonds is 2. The van der Waals surface area contributed by atoms with Crippen molar-refractivity contribution in [2.75, 3.05) is 12.3 Å². The number of halogens is 1. The van der Waals surface area contributed by atoms with Crippen LogP contribution >= 0.6 is 24.2 Å². The molecular formula is C16H23ClN2OS. The van der Waals surface area contributed by atoms with Gasteiger partial charge in [-0.25, -0.2) is 0 Å². The first-order valence-corrected chi connectivity index (χ1v) is 8.55. The Morgan fingerprint density at radius 3 is 2.71 bits per heavy atom. The fourth-order valence-electron chi connectivity index (χ4n) is 3.35. The van der Waals surface area contributed by atoms with Gasteiger partial charge in [-0.2, -0.15) is 11.8 Å². The van der Waals surface area contributed by atoms with Crippen molar-refractivity contribution in [3.63, 3.8) is 0 Å². The van der Waals surface area contributed by atoms with Crippen LogP contribution in [0.1, 0.15) is 37.3 Å². The van der Waals surface area contributed by atoms with Crippen molar-refractivity contribution in [1.82, 2.24) is 4.90 Å². The molecule has 1 amide bonds. The number of carbonyl (C=O) groups excluding carboxylic acids is 1. The largest absolute Gasteiger partial charge is 0.336 e. The van der Waals surface area contributed by atoms with Crippen LogP contribution in [0.25, 0.3) is 0 Å². The van der Waals surface area contributed by atoms with E-state index in [9.17, 15) is 4.79 Å².